The van der Waals surface area contributed by atoms with E-state index in [2.05, 4.69) is 5.16 Å². The number of ether oxygens (including phenoxy) is 2. The third-order valence-corrected chi connectivity index (χ3v) is 5.91. The predicted octanol–water partition coefficient (Wildman–Crippen LogP) is 3.63. The van der Waals surface area contributed by atoms with Gasteiger partial charge in [-0.25, -0.2) is 0 Å². The summed E-state index contributed by atoms with van der Waals surface area (Å²) in [6.07, 6.45) is 3.94. The molecule has 0 spiro atoms. The molecule has 1 saturated heterocycles. The molecule has 0 unspecified atom stereocenters. The molecule has 3 atom stereocenters. The third kappa shape index (κ3) is 3.17. The van der Waals surface area contributed by atoms with E-state index in [4.69, 9.17) is 14.0 Å². The van der Waals surface area contributed by atoms with Crippen LogP contribution in [0.25, 0.3) is 0 Å². The molecule has 1 aliphatic carbocycles. The number of carbonyl (C=O) groups excluding carboxylic acids is 1. The Labute approximate surface area is 159 Å². The first kappa shape index (κ1) is 17.9. The van der Waals surface area contributed by atoms with Crippen molar-refractivity contribution in [3.63, 3.8) is 0 Å². The second-order valence-electron chi connectivity index (χ2n) is 7.42. The second kappa shape index (κ2) is 7.25. The molecular weight excluding hydrogens is 344 g/mol. The van der Waals surface area contributed by atoms with Crippen molar-refractivity contribution in [3.05, 3.63) is 41.3 Å². The minimum absolute atomic E-state index is 0.0389. The zero-order chi connectivity index (χ0) is 19.0. The molecule has 0 radical (unpaired) electrons. The second-order valence-corrected chi connectivity index (χ2v) is 7.42. The molecular formula is C21H26N2O4. The Morgan fingerprint density at radius 1 is 1.33 bits per heavy atom. The lowest BCUT2D eigenvalue weighted by molar-refractivity contribution is 0.0503. The maximum atomic E-state index is 13.4. The molecule has 144 valence electrons. The summed E-state index contributed by atoms with van der Waals surface area (Å²) in [6, 6.07) is 7.97. The van der Waals surface area contributed by atoms with Gasteiger partial charge in [0, 0.05) is 18.5 Å². The van der Waals surface area contributed by atoms with Crippen molar-refractivity contribution in [1.29, 1.82) is 0 Å². The van der Waals surface area contributed by atoms with E-state index < -0.39 is 0 Å². The number of aryl methyl sites for hydroxylation is 2. The van der Waals surface area contributed by atoms with Gasteiger partial charge in [-0.05, 0) is 44.2 Å². The number of benzene rings is 1. The van der Waals surface area contributed by atoms with Crippen molar-refractivity contribution in [1.82, 2.24) is 10.1 Å². The topological polar surface area (TPSA) is 64.8 Å². The van der Waals surface area contributed by atoms with E-state index in [1.807, 2.05) is 43.0 Å². The average Bonchev–Trinajstić information content (AvgIpc) is 3.40. The van der Waals surface area contributed by atoms with Crippen molar-refractivity contribution >= 4 is 5.91 Å². The summed E-state index contributed by atoms with van der Waals surface area (Å²) in [5.74, 6) is 2.74. The fraction of sp³-hybridized carbons (Fsp3) is 0.524. The highest BCUT2D eigenvalue weighted by molar-refractivity contribution is 5.97. The molecule has 1 amide bonds. The number of piperidine rings is 1. The summed E-state index contributed by atoms with van der Waals surface area (Å²) < 4.78 is 16.7. The first-order valence-corrected chi connectivity index (χ1v) is 9.67. The van der Waals surface area contributed by atoms with Gasteiger partial charge < -0.3 is 18.9 Å². The number of fused-ring (bicyclic) bond motifs is 2. The molecule has 2 fully saturated rings. The summed E-state index contributed by atoms with van der Waals surface area (Å²) in [5.41, 5.74) is 1.31. The number of hydrogen-bond acceptors (Lipinski definition) is 5. The van der Waals surface area contributed by atoms with Gasteiger partial charge in [-0.1, -0.05) is 18.1 Å². The third-order valence-electron chi connectivity index (χ3n) is 5.91. The quantitative estimate of drug-likeness (QED) is 0.777. The van der Waals surface area contributed by atoms with Crippen molar-refractivity contribution in [2.24, 2.45) is 5.92 Å². The lowest BCUT2D eigenvalue weighted by atomic mass is 9.98. The molecule has 1 saturated carbocycles. The molecule has 2 aliphatic rings. The fourth-order valence-electron chi connectivity index (χ4n) is 4.56. The standard InChI is InChI=1S/C21H26N2O4/c1-4-19-20(13(2)22-27-19)21(24)23-15-9-8-14(10-15)18(23)12-26-17-7-5-6-16(11-17)25-3/h5-7,11,14-15,18H,4,8-10,12H2,1-3H3/t14-,15+,18+/m0/s1. The molecule has 2 heterocycles. The number of likely N-dealkylation sites (tertiary alicyclic amines) is 1. The van der Waals surface area contributed by atoms with E-state index in [-0.39, 0.29) is 11.9 Å². The normalized spacial score (nSPS) is 23.7. The Hall–Kier alpha value is -2.50. The maximum Gasteiger partial charge on any atom is 0.260 e. The number of hydrogen-bond donors (Lipinski definition) is 0. The number of carbonyl (C=O) groups is 1. The SMILES string of the molecule is CCc1onc(C)c1C(=O)N1[C@@H]2CC[C@@H](C2)[C@H]1COc1cccc(OC)c1. The van der Waals surface area contributed by atoms with Crippen molar-refractivity contribution in [3.8, 4) is 11.5 Å². The molecule has 4 rings (SSSR count). The Bertz CT molecular complexity index is 831. The Kier molecular flexibility index (Phi) is 4.81. The molecule has 1 aromatic carbocycles. The van der Waals surface area contributed by atoms with Crippen LogP contribution >= 0.6 is 0 Å². The van der Waals surface area contributed by atoms with E-state index in [1.165, 1.54) is 0 Å². The maximum absolute atomic E-state index is 13.4. The lowest BCUT2D eigenvalue weighted by Crippen LogP contribution is -2.48. The predicted molar refractivity (Wildman–Crippen MR) is 100 cm³/mol. The average molecular weight is 370 g/mol. The van der Waals surface area contributed by atoms with Crippen LogP contribution in [0, 0.1) is 12.8 Å². The van der Waals surface area contributed by atoms with Crippen LogP contribution in [-0.2, 0) is 6.42 Å². The van der Waals surface area contributed by atoms with Crippen molar-refractivity contribution in [2.75, 3.05) is 13.7 Å². The molecule has 1 aromatic heterocycles. The molecule has 0 N–H and O–H groups in total. The van der Waals surface area contributed by atoms with Crippen LogP contribution in [0.15, 0.2) is 28.8 Å². The van der Waals surface area contributed by atoms with Gasteiger partial charge in [0.1, 0.15) is 29.4 Å². The first-order chi connectivity index (χ1) is 13.1. The van der Waals surface area contributed by atoms with Crippen LogP contribution in [0.5, 0.6) is 11.5 Å². The Morgan fingerprint density at radius 2 is 2.15 bits per heavy atom. The first-order valence-electron chi connectivity index (χ1n) is 9.67. The van der Waals surface area contributed by atoms with Crippen molar-refractivity contribution < 1.29 is 18.8 Å². The van der Waals surface area contributed by atoms with Crippen LogP contribution in [0.4, 0.5) is 0 Å². The van der Waals surface area contributed by atoms with E-state index in [0.717, 1.165) is 30.8 Å². The Balaban J connectivity index is 1.54. The van der Waals surface area contributed by atoms with Gasteiger partial charge in [0.05, 0.1) is 18.8 Å². The Morgan fingerprint density at radius 3 is 2.93 bits per heavy atom. The number of nitrogens with zero attached hydrogens (tertiary/aromatic N) is 2. The zero-order valence-corrected chi connectivity index (χ0v) is 16.1. The highest BCUT2D eigenvalue weighted by atomic mass is 16.5. The monoisotopic (exact) mass is 370 g/mol. The van der Waals surface area contributed by atoms with Gasteiger partial charge in [0.15, 0.2) is 0 Å². The van der Waals surface area contributed by atoms with Gasteiger partial charge in [-0.3, -0.25) is 4.79 Å². The summed E-state index contributed by atoms with van der Waals surface area (Å²) in [4.78, 5) is 15.4. The smallest absolute Gasteiger partial charge is 0.260 e. The summed E-state index contributed by atoms with van der Waals surface area (Å²) >= 11 is 0. The van der Waals surface area contributed by atoms with E-state index in [1.54, 1.807) is 7.11 Å². The minimum Gasteiger partial charge on any atom is -0.497 e. The van der Waals surface area contributed by atoms with Gasteiger partial charge in [0.25, 0.3) is 5.91 Å². The summed E-state index contributed by atoms with van der Waals surface area (Å²) in [6.45, 7) is 4.31. The summed E-state index contributed by atoms with van der Waals surface area (Å²) in [7, 11) is 1.64. The number of aromatic nitrogens is 1. The number of rotatable bonds is 6. The molecule has 1 aliphatic heterocycles. The van der Waals surface area contributed by atoms with E-state index in [9.17, 15) is 4.79 Å². The van der Waals surface area contributed by atoms with Crippen LogP contribution in [0.2, 0.25) is 0 Å². The van der Waals surface area contributed by atoms with Gasteiger partial charge in [-0.2, -0.15) is 0 Å². The van der Waals surface area contributed by atoms with Crippen LogP contribution in [-0.4, -0.2) is 41.8 Å². The number of methoxy groups -OCH3 is 1. The van der Waals surface area contributed by atoms with Crippen LogP contribution in [0.3, 0.4) is 0 Å². The van der Waals surface area contributed by atoms with E-state index in [0.29, 0.717) is 42.0 Å². The molecule has 2 aromatic rings. The highest BCUT2D eigenvalue weighted by Gasteiger charge is 2.49. The van der Waals surface area contributed by atoms with Gasteiger partial charge in [0.2, 0.25) is 0 Å². The number of amides is 1. The molecule has 2 bridgehead atoms. The van der Waals surface area contributed by atoms with E-state index >= 15 is 0 Å². The van der Waals surface area contributed by atoms with Crippen LogP contribution in [0.1, 0.15) is 48.0 Å². The lowest BCUT2D eigenvalue weighted by Gasteiger charge is -2.35. The molecule has 6 heteroatoms. The zero-order valence-electron chi connectivity index (χ0n) is 16.1. The van der Waals surface area contributed by atoms with Crippen molar-refractivity contribution in [2.45, 2.75) is 51.6 Å². The summed E-state index contributed by atoms with van der Waals surface area (Å²) in [5, 5.41) is 4.01. The highest BCUT2D eigenvalue weighted by Crippen LogP contribution is 2.43. The largest absolute Gasteiger partial charge is 0.497 e. The molecule has 27 heavy (non-hydrogen) atoms. The van der Waals surface area contributed by atoms with Crippen LogP contribution < -0.4 is 9.47 Å². The fourth-order valence-corrected chi connectivity index (χ4v) is 4.56. The van der Waals surface area contributed by atoms with Gasteiger partial charge in [-0.15, -0.1) is 0 Å². The molecule has 6 nitrogen and oxygen atoms in total. The minimum atomic E-state index is 0.0389. The van der Waals surface area contributed by atoms with Gasteiger partial charge >= 0.3 is 0 Å².